The Balaban J connectivity index is 1.86. The van der Waals surface area contributed by atoms with Crippen molar-refractivity contribution >= 4 is 43.3 Å². The molecule has 0 aliphatic heterocycles. The van der Waals surface area contributed by atoms with Gasteiger partial charge in [-0.05, 0) is 24.1 Å². The van der Waals surface area contributed by atoms with Gasteiger partial charge in [-0.15, -0.1) is 10.2 Å². The number of benzene rings is 1. The van der Waals surface area contributed by atoms with Gasteiger partial charge in [-0.1, -0.05) is 46.3 Å². The van der Waals surface area contributed by atoms with Gasteiger partial charge in [-0.3, -0.25) is 4.98 Å². The fourth-order valence-corrected chi connectivity index (χ4v) is 3.11. The van der Waals surface area contributed by atoms with Crippen LogP contribution in [0, 0.1) is 0 Å². The van der Waals surface area contributed by atoms with Gasteiger partial charge in [0.25, 0.3) is 0 Å². The molecule has 1 N–H and O–H groups in total. The van der Waals surface area contributed by atoms with E-state index < -0.39 is 0 Å². The number of hydrogen-bond donors (Lipinski definition) is 1. The molecule has 3 rings (SSSR count). The maximum Gasteiger partial charge on any atom is 0.205 e. The van der Waals surface area contributed by atoms with E-state index in [1.165, 1.54) is 0 Å². The van der Waals surface area contributed by atoms with Crippen molar-refractivity contribution in [3.63, 3.8) is 0 Å². The molecule has 0 saturated carbocycles. The molecule has 3 aromatic rings. The maximum atomic E-state index is 4.47. The van der Waals surface area contributed by atoms with Gasteiger partial charge in [0.2, 0.25) is 5.13 Å². The molecule has 6 heteroatoms. The van der Waals surface area contributed by atoms with E-state index in [0.717, 1.165) is 37.5 Å². The topological polar surface area (TPSA) is 50.7 Å². The molecule has 102 valence electrons. The van der Waals surface area contributed by atoms with Crippen LogP contribution >= 0.6 is 27.3 Å². The lowest BCUT2D eigenvalue weighted by atomic mass is 10.1. The summed E-state index contributed by atoms with van der Waals surface area (Å²) in [5.74, 6) is 0. The van der Waals surface area contributed by atoms with Crippen LogP contribution in [0.4, 0.5) is 5.13 Å². The molecule has 0 radical (unpaired) electrons. The molecule has 0 atom stereocenters. The molecule has 0 spiro atoms. The highest BCUT2D eigenvalue weighted by Gasteiger charge is 2.07. The number of rotatable bonds is 4. The average Bonchev–Trinajstić information content (AvgIpc) is 2.95. The van der Waals surface area contributed by atoms with Gasteiger partial charge >= 0.3 is 0 Å². The summed E-state index contributed by atoms with van der Waals surface area (Å²) in [5.41, 5.74) is 2.16. The summed E-state index contributed by atoms with van der Waals surface area (Å²) in [4.78, 5) is 4.47. The molecule has 2 heterocycles. The van der Waals surface area contributed by atoms with Crippen LogP contribution in [0.15, 0.2) is 34.9 Å². The third-order valence-corrected chi connectivity index (χ3v) is 4.72. The zero-order valence-corrected chi connectivity index (χ0v) is 13.3. The molecule has 0 unspecified atom stereocenters. The first-order chi connectivity index (χ1) is 9.78. The zero-order valence-electron chi connectivity index (χ0n) is 10.9. The van der Waals surface area contributed by atoms with E-state index in [9.17, 15) is 0 Å². The Hall–Kier alpha value is -1.53. The number of aromatic nitrogens is 3. The van der Waals surface area contributed by atoms with E-state index in [4.69, 9.17) is 0 Å². The second-order valence-electron chi connectivity index (χ2n) is 4.31. The summed E-state index contributed by atoms with van der Waals surface area (Å²) < 4.78 is 1.06. The van der Waals surface area contributed by atoms with Crippen LogP contribution in [-0.4, -0.2) is 15.2 Å². The minimum absolute atomic E-state index is 0.694. The SMILES string of the molecule is CCc1nnc(NCc2ccc(Br)c3cccnc23)s1. The van der Waals surface area contributed by atoms with Gasteiger partial charge in [0.15, 0.2) is 0 Å². The molecular formula is C14H13BrN4S. The smallest absolute Gasteiger partial charge is 0.205 e. The summed E-state index contributed by atoms with van der Waals surface area (Å²) in [6.07, 6.45) is 2.74. The molecular weight excluding hydrogens is 336 g/mol. The Labute approximate surface area is 129 Å². The molecule has 0 bridgehead atoms. The Bertz CT molecular complexity index is 741. The number of nitrogens with one attached hydrogen (secondary N) is 1. The second kappa shape index (κ2) is 5.85. The van der Waals surface area contributed by atoms with Gasteiger partial charge in [0.1, 0.15) is 5.01 Å². The Kier molecular flexibility index (Phi) is 3.93. The summed E-state index contributed by atoms with van der Waals surface area (Å²) >= 11 is 5.16. The number of anilines is 1. The standard InChI is InChI=1S/C14H13BrN4S/c1-2-12-18-19-14(20-12)17-8-9-5-6-11(15)10-4-3-7-16-13(9)10/h3-7H,2,8H2,1H3,(H,17,19). The monoisotopic (exact) mass is 348 g/mol. The quantitative estimate of drug-likeness (QED) is 0.773. The predicted molar refractivity (Wildman–Crippen MR) is 86.1 cm³/mol. The lowest BCUT2D eigenvalue weighted by Crippen LogP contribution is -2.00. The summed E-state index contributed by atoms with van der Waals surface area (Å²) in [6.45, 7) is 2.77. The van der Waals surface area contributed by atoms with Crippen molar-refractivity contribution in [2.45, 2.75) is 19.9 Å². The van der Waals surface area contributed by atoms with Crippen molar-refractivity contribution in [1.82, 2.24) is 15.2 Å². The van der Waals surface area contributed by atoms with E-state index in [1.807, 2.05) is 12.3 Å². The molecule has 0 fully saturated rings. The minimum atomic E-state index is 0.694. The molecule has 20 heavy (non-hydrogen) atoms. The van der Waals surface area contributed by atoms with Crippen molar-refractivity contribution in [3.8, 4) is 0 Å². The third-order valence-electron chi connectivity index (χ3n) is 3.00. The second-order valence-corrected chi connectivity index (χ2v) is 6.23. The molecule has 4 nitrogen and oxygen atoms in total. The highest BCUT2D eigenvalue weighted by atomic mass is 79.9. The maximum absolute atomic E-state index is 4.47. The van der Waals surface area contributed by atoms with E-state index in [0.29, 0.717) is 6.54 Å². The minimum Gasteiger partial charge on any atom is -0.356 e. The summed E-state index contributed by atoms with van der Waals surface area (Å²) in [5, 5.41) is 14.6. The van der Waals surface area contributed by atoms with Crippen molar-refractivity contribution in [1.29, 1.82) is 0 Å². The summed E-state index contributed by atoms with van der Waals surface area (Å²) in [6, 6.07) is 8.14. The molecule has 1 aromatic carbocycles. The lowest BCUT2D eigenvalue weighted by Gasteiger charge is -2.07. The fraction of sp³-hybridized carbons (Fsp3) is 0.214. The average molecular weight is 349 g/mol. The largest absolute Gasteiger partial charge is 0.356 e. The molecule has 0 amide bonds. The van der Waals surface area contributed by atoms with Crippen molar-refractivity contribution < 1.29 is 0 Å². The van der Waals surface area contributed by atoms with Crippen molar-refractivity contribution in [2.24, 2.45) is 0 Å². The van der Waals surface area contributed by atoms with Crippen LogP contribution in [0.5, 0.6) is 0 Å². The van der Waals surface area contributed by atoms with Crippen molar-refractivity contribution in [3.05, 3.63) is 45.5 Å². The number of pyridine rings is 1. The van der Waals surface area contributed by atoms with Gasteiger partial charge < -0.3 is 5.32 Å². The normalized spacial score (nSPS) is 10.9. The number of fused-ring (bicyclic) bond motifs is 1. The highest BCUT2D eigenvalue weighted by Crippen LogP contribution is 2.26. The Morgan fingerprint density at radius 3 is 2.95 bits per heavy atom. The molecule has 0 aliphatic rings. The van der Waals surface area contributed by atoms with Gasteiger partial charge in [-0.2, -0.15) is 0 Å². The third kappa shape index (κ3) is 2.66. The zero-order chi connectivity index (χ0) is 13.9. The Morgan fingerprint density at radius 2 is 2.15 bits per heavy atom. The molecule has 0 aliphatic carbocycles. The first-order valence-corrected chi connectivity index (χ1v) is 7.97. The van der Waals surface area contributed by atoms with E-state index in [-0.39, 0.29) is 0 Å². The van der Waals surface area contributed by atoms with Crippen LogP contribution in [0.1, 0.15) is 17.5 Å². The number of aryl methyl sites for hydroxylation is 1. The predicted octanol–water partition coefficient (Wildman–Crippen LogP) is 4.02. The van der Waals surface area contributed by atoms with Gasteiger partial charge in [0, 0.05) is 22.6 Å². The number of hydrogen-bond acceptors (Lipinski definition) is 5. The van der Waals surface area contributed by atoms with Crippen LogP contribution in [0.2, 0.25) is 0 Å². The van der Waals surface area contributed by atoms with Crippen LogP contribution in [-0.2, 0) is 13.0 Å². The number of nitrogens with zero attached hydrogens (tertiary/aromatic N) is 3. The van der Waals surface area contributed by atoms with Crippen LogP contribution < -0.4 is 5.32 Å². The van der Waals surface area contributed by atoms with E-state index in [2.05, 4.69) is 61.6 Å². The van der Waals surface area contributed by atoms with E-state index in [1.54, 1.807) is 11.3 Å². The van der Waals surface area contributed by atoms with Crippen molar-refractivity contribution in [2.75, 3.05) is 5.32 Å². The molecule has 0 saturated heterocycles. The first kappa shape index (κ1) is 13.5. The molecule has 2 aromatic heterocycles. The van der Waals surface area contributed by atoms with E-state index >= 15 is 0 Å². The van der Waals surface area contributed by atoms with Gasteiger partial charge in [0.05, 0.1) is 5.52 Å². The number of halogens is 1. The lowest BCUT2D eigenvalue weighted by molar-refractivity contribution is 0.976. The highest BCUT2D eigenvalue weighted by molar-refractivity contribution is 9.10. The first-order valence-electron chi connectivity index (χ1n) is 6.36. The Morgan fingerprint density at radius 1 is 1.25 bits per heavy atom. The van der Waals surface area contributed by atoms with Crippen LogP contribution in [0.25, 0.3) is 10.9 Å². The van der Waals surface area contributed by atoms with Crippen LogP contribution in [0.3, 0.4) is 0 Å². The summed E-state index contributed by atoms with van der Waals surface area (Å²) in [7, 11) is 0. The van der Waals surface area contributed by atoms with Gasteiger partial charge in [-0.25, -0.2) is 0 Å². The fourth-order valence-electron chi connectivity index (χ4n) is 1.98.